The average Bonchev–Trinajstić information content (AvgIpc) is 3.50. The lowest BCUT2D eigenvalue weighted by molar-refractivity contribution is -0.138. The van der Waals surface area contributed by atoms with Crippen molar-refractivity contribution in [2.75, 3.05) is 13.1 Å². The highest BCUT2D eigenvalue weighted by Crippen LogP contribution is 2.37. The molecule has 2 aromatic carbocycles. The summed E-state index contributed by atoms with van der Waals surface area (Å²) in [5.74, 6) is -0.470. The maximum atomic E-state index is 14.0. The lowest BCUT2D eigenvalue weighted by Crippen LogP contribution is -2.44. The van der Waals surface area contributed by atoms with Gasteiger partial charge in [-0.3, -0.25) is 9.36 Å². The normalized spacial score (nSPS) is 17.5. The zero-order chi connectivity index (χ0) is 31.1. The number of halogens is 4. The number of aromatic nitrogens is 1. The average molecular weight is 635 g/mol. The van der Waals surface area contributed by atoms with Crippen molar-refractivity contribution in [3.63, 3.8) is 0 Å². The zero-order valence-electron chi connectivity index (χ0n) is 23.7. The molecule has 8 nitrogen and oxygen atoms in total. The largest absolute Gasteiger partial charge is 0.493 e. The minimum atomic E-state index is -4.67. The number of likely N-dealkylation sites (tertiary alicyclic amines) is 1. The Bertz CT molecular complexity index is 1780. The first kappa shape index (κ1) is 30.8. The number of benzene rings is 2. The number of nitrogens with zero attached hydrogens (tertiary/aromatic N) is 4. The summed E-state index contributed by atoms with van der Waals surface area (Å²) >= 11 is 6.68. The van der Waals surface area contributed by atoms with Gasteiger partial charge in [-0.2, -0.15) is 23.4 Å². The van der Waals surface area contributed by atoms with Gasteiger partial charge < -0.3 is 14.7 Å². The van der Waals surface area contributed by atoms with Crippen LogP contribution in [0.25, 0.3) is 5.57 Å². The van der Waals surface area contributed by atoms with Crippen molar-refractivity contribution in [3.05, 3.63) is 83.2 Å². The number of rotatable bonds is 5. The van der Waals surface area contributed by atoms with Crippen LogP contribution in [0.1, 0.15) is 55.2 Å². The van der Waals surface area contributed by atoms with Crippen molar-refractivity contribution in [2.24, 2.45) is 16.1 Å². The van der Waals surface area contributed by atoms with Gasteiger partial charge in [-0.25, -0.2) is 4.79 Å². The smallest absolute Gasteiger partial charge is 0.416 e. The Hall–Kier alpha value is -3.64. The van der Waals surface area contributed by atoms with Gasteiger partial charge in [-0.1, -0.05) is 35.1 Å². The summed E-state index contributed by atoms with van der Waals surface area (Å²) in [6.45, 7) is 6.36. The van der Waals surface area contributed by atoms with E-state index in [1.165, 1.54) is 22.9 Å². The number of alkyl halides is 3. The molecule has 43 heavy (non-hydrogen) atoms. The number of carbonyl (C=O) groups excluding carboxylic acids is 1. The maximum Gasteiger partial charge on any atom is 0.416 e. The van der Waals surface area contributed by atoms with Crippen molar-refractivity contribution >= 4 is 40.8 Å². The number of amides is 1. The SMILES string of the molecule is CC(C)(C)OC(=O)N1CCC[C@H](Cn2c(O)c(C(Cc3ccc(Cl)cc3C(F)(F)F)=c3ccc4c(c3)C=NN=4)sc2=O)C1. The highest BCUT2D eigenvalue weighted by molar-refractivity contribution is 7.10. The van der Waals surface area contributed by atoms with E-state index in [2.05, 4.69) is 10.2 Å². The molecule has 1 fully saturated rings. The third-order valence-corrected chi connectivity index (χ3v) is 8.50. The Kier molecular flexibility index (Phi) is 8.45. The quantitative estimate of drug-likeness (QED) is 0.410. The van der Waals surface area contributed by atoms with Crippen molar-refractivity contribution in [1.82, 2.24) is 9.47 Å². The maximum absolute atomic E-state index is 14.0. The van der Waals surface area contributed by atoms with Crippen LogP contribution in [0.5, 0.6) is 5.88 Å². The van der Waals surface area contributed by atoms with Crippen LogP contribution in [0.15, 0.2) is 51.4 Å². The molecule has 0 unspecified atom stereocenters. The lowest BCUT2D eigenvalue weighted by Gasteiger charge is -2.34. The molecule has 5 rings (SSSR count). The van der Waals surface area contributed by atoms with Crippen molar-refractivity contribution in [2.45, 2.75) is 58.4 Å². The molecule has 13 heteroatoms. The molecule has 1 aromatic heterocycles. The van der Waals surface area contributed by atoms with E-state index in [1.807, 2.05) is 0 Å². The van der Waals surface area contributed by atoms with E-state index in [0.29, 0.717) is 41.2 Å². The Morgan fingerprint density at radius 2 is 1.95 bits per heavy atom. The Morgan fingerprint density at radius 1 is 1.19 bits per heavy atom. The molecule has 0 spiro atoms. The summed E-state index contributed by atoms with van der Waals surface area (Å²) < 4.78 is 48.8. The number of aromatic hydroxyl groups is 1. The van der Waals surface area contributed by atoms with Gasteiger partial charge in [0.05, 0.1) is 22.0 Å². The number of carbonyl (C=O) groups is 1. The first-order valence-electron chi connectivity index (χ1n) is 13.7. The summed E-state index contributed by atoms with van der Waals surface area (Å²) in [6, 6.07) is 8.65. The molecule has 3 aromatic rings. The van der Waals surface area contributed by atoms with Gasteiger partial charge in [0.25, 0.3) is 0 Å². The third kappa shape index (κ3) is 6.96. The molecular formula is C30H30ClF3N4O4S. The summed E-state index contributed by atoms with van der Waals surface area (Å²) in [6.07, 6.45) is -2.38. The second-order valence-electron chi connectivity index (χ2n) is 11.6. The van der Waals surface area contributed by atoms with E-state index in [9.17, 15) is 27.9 Å². The predicted molar refractivity (Wildman–Crippen MR) is 158 cm³/mol. The van der Waals surface area contributed by atoms with E-state index in [1.54, 1.807) is 43.9 Å². The number of piperidine rings is 1. The van der Waals surface area contributed by atoms with E-state index in [0.717, 1.165) is 23.8 Å². The first-order valence-corrected chi connectivity index (χ1v) is 14.9. The molecule has 2 aliphatic rings. The topological polar surface area (TPSA) is 96.5 Å². The molecule has 3 heterocycles. The molecule has 2 aliphatic heterocycles. The van der Waals surface area contributed by atoms with Gasteiger partial charge >= 0.3 is 17.1 Å². The van der Waals surface area contributed by atoms with Crippen LogP contribution in [-0.4, -0.2) is 45.6 Å². The van der Waals surface area contributed by atoms with Gasteiger partial charge in [0.15, 0.2) is 0 Å². The molecule has 0 aliphatic carbocycles. The van der Waals surface area contributed by atoms with Gasteiger partial charge in [-0.15, -0.1) is 0 Å². The monoisotopic (exact) mass is 634 g/mol. The van der Waals surface area contributed by atoms with Crippen molar-refractivity contribution in [3.8, 4) is 5.88 Å². The molecule has 1 atom stereocenters. The van der Waals surface area contributed by atoms with Crippen LogP contribution < -0.4 is 15.4 Å². The molecule has 0 bridgehead atoms. The molecule has 0 radical (unpaired) electrons. The molecule has 1 N–H and O–H groups in total. The Balaban J connectivity index is 1.54. The van der Waals surface area contributed by atoms with Crippen LogP contribution in [-0.2, 0) is 23.9 Å². The first-order chi connectivity index (χ1) is 20.2. The standard InChI is InChI=1S/C30H30ClF3N4O4S/c1-29(2,3)42-27(40)37-10-4-5-17(15-37)16-38-26(39)25(43-28(38)41)22(18-7-9-24-20(11-18)14-35-36-24)12-19-6-8-21(31)13-23(19)30(32,33)34/h6-9,11,13-14,17,39H,4-5,10,12,15-16H2,1-3H3/t17-/m0/s1. The second-order valence-corrected chi connectivity index (χ2v) is 13.0. The summed E-state index contributed by atoms with van der Waals surface area (Å²) in [5, 5.41) is 20.4. The molecule has 1 saturated heterocycles. The molecule has 1 amide bonds. The van der Waals surface area contributed by atoms with Gasteiger partial charge in [-0.05, 0) is 80.2 Å². The third-order valence-electron chi connectivity index (χ3n) is 7.24. The molecular weight excluding hydrogens is 605 g/mol. The van der Waals surface area contributed by atoms with E-state index < -0.39 is 28.3 Å². The zero-order valence-corrected chi connectivity index (χ0v) is 25.3. The Labute approximate surface area is 254 Å². The minimum absolute atomic E-state index is 0.0560. The van der Waals surface area contributed by atoms with Gasteiger partial charge in [0.2, 0.25) is 5.88 Å². The number of hydrogen-bond acceptors (Lipinski definition) is 7. The van der Waals surface area contributed by atoms with Crippen LogP contribution >= 0.6 is 22.9 Å². The summed E-state index contributed by atoms with van der Waals surface area (Å²) in [7, 11) is 0. The van der Waals surface area contributed by atoms with Crippen molar-refractivity contribution < 1.29 is 27.8 Å². The van der Waals surface area contributed by atoms with Crippen LogP contribution in [0.4, 0.5) is 18.0 Å². The lowest BCUT2D eigenvalue weighted by atomic mass is 9.96. The van der Waals surface area contributed by atoms with Crippen LogP contribution in [0, 0.1) is 5.92 Å². The van der Waals surface area contributed by atoms with E-state index in [-0.39, 0.29) is 40.2 Å². The van der Waals surface area contributed by atoms with E-state index >= 15 is 0 Å². The summed E-state index contributed by atoms with van der Waals surface area (Å²) in [4.78, 5) is 27.2. The van der Waals surface area contributed by atoms with Gasteiger partial charge in [0.1, 0.15) is 5.60 Å². The highest BCUT2D eigenvalue weighted by atomic mass is 35.5. The van der Waals surface area contributed by atoms with Crippen LogP contribution in [0.3, 0.4) is 0 Å². The van der Waals surface area contributed by atoms with Crippen molar-refractivity contribution in [1.29, 1.82) is 0 Å². The minimum Gasteiger partial charge on any atom is -0.493 e. The second kappa shape index (κ2) is 11.8. The Morgan fingerprint density at radius 3 is 2.67 bits per heavy atom. The fraction of sp³-hybridized carbons (Fsp3) is 0.400. The highest BCUT2D eigenvalue weighted by Gasteiger charge is 2.34. The fourth-order valence-electron chi connectivity index (χ4n) is 5.28. The fourth-order valence-corrected chi connectivity index (χ4v) is 6.41. The molecule has 0 saturated carbocycles. The number of hydrogen-bond donors (Lipinski definition) is 1. The van der Waals surface area contributed by atoms with Gasteiger partial charge in [0, 0.05) is 36.6 Å². The number of thiazole rings is 1. The predicted octanol–water partition coefficient (Wildman–Crippen LogP) is 5.34. The number of fused-ring (bicyclic) bond motifs is 1. The van der Waals surface area contributed by atoms with Crippen LogP contribution in [0.2, 0.25) is 5.02 Å². The van der Waals surface area contributed by atoms with E-state index in [4.69, 9.17) is 16.3 Å². The molecule has 228 valence electrons. The number of ether oxygens (including phenoxy) is 1. The summed E-state index contributed by atoms with van der Waals surface area (Å²) in [5.41, 5.74) is -0.601.